The van der Waals surface area contributed by atoms with Crippen LogP contribution >= 0.6 is 0 Å². The lowest BCUT2D eigenvalue weighted by atomic mass is 10.3. The Hall–Kier alpha value is -2.24. The highest BCUT2D eigenvalue weighted by Gasteiger charge is 2.13. The number of hydrogen-bond donors (Lipinski definition) is 1. The summed E-state index contributed by atoms with van der Waals surface area (Å²) in [5.74, 6) is -0.516. The smallest absolute Gasteiger partial charge is 0.224 e. The van der Waals surface area contributed by atoms with Crippen LogP contribution in [0.2, 0.25) is 0 Å². The van der Waals surface area contributed by atoms with E-state index in [1.165, 1.54) is 17.0 Å². The molecule has 1 heterocycles. The second-order valence-corrected chi connectivity index (χ2v) is 3.93. The summed E-state index contributed by atoms with van der Waals surface area (Å²) in [7, 11) is 1.62. The van der Waals surface area contributed by atoms with E-state index in [1.54, 1.807) is 19.2 Å². The maximum Gasteiger partial charge on any atom is 0.224 e. The number of benzene rings is 1. The van der Waals surface area contributed by atoms with E-state index in [0.717, 1.165) is 6.20 Å². The van der Waals surface area contributed by atoms with Crippen LogP contribution in [0.1, 0.15) is 6.92 Å². The summed E-state index contributed by atoms with van der Waals surface area (Å²) >= 11 is 0. The predicted molar refractivity (Wildman–Crippen MR) is 70.6 cm³/mol. The summed E-state index contributed by atoms with van der Waals surface area (Å²) in [6, 6.07) is 5.88. The first-order chi connectivity index (χ1) is 9.11. The Bertz CT molecular complexity index is 574. The van der Waals surface area contributed by atoms with Crippen molar-refractivity contribution in [2.24, 2.45) is 0 Å². The quantitative estimate of drug-likeness (QED) is 0.921. The third kappa shape index (κ3) is 2.96. The van der Waals surface area contributed by atoms with Gasteiger partial charge in [0.1, 0.15) is 5.82 Å². The molecule has 19 heavy (non-hydrogen) atoms. The summed E-state index contributed by atoms with van der Waals surface area (Å²) in [5.41, 5.74) is 0.514. The van der Waals surface area contributed by atoms with Crippen molar-refractivity contribution in [2.75, 3.05) is 23.8 Å². The van der Waals surface area contributed by atoms with Gasteiger partial charge in [0.05, 0.1) is 6.20 Å². The van der Waals surface area contributed by atoms with Crippen LogP contribution in [-0.4, -0.2) is 23.6 Å². The lowest BCUT2D eigenvalue weighted by molar-refractivity contribution is 0.612. The summed E-state index contributed by atoms with van der Waals surface area (Å²) in [6.45, 7) is 2.53. The van der Waals surface area contributed by atoms with Crippen LogP contribution in [0.5, 0.6) is 0 Å². The van der Waals surface area contributed by atoms with E-state index in [2.05, 4.69) is 15.3 Å². The first-order valence-electron chi connectivity index (χ1n) is 5.87. The van der Waals surface area contributed by atoms with Crippen molar-refractivity contribution >= 4 is 17.5 Å². The molecule has 0 bridgehead atoms. The van der Waals surface area contributed by atoms with Crippen molar-refractivity contribution in [3.05, 3.63) is 42.1 Å². The van der Waals surface area contributed by atoms with Crippen LogP contribution in [0.15, 0.2) is 30.5 Å². The molecular formula is C13H14F2N4. The van der Waals surface area contributed by atoms with Gasteiger partial charge in [-0.3, -0.25) is 0 Å². The van der Waals surface area contributed by atoms with Crippen LogP contribution < -0.4 is 10.2 Å². The third-order valence-corrected chi connectivity index (χ3v) is 2.57. The minimum absolute atomic E-state index is 0.0940. The minimum atomic E-state index is -0.562. The molecule has 4 nitrogen and oxygen atoms in total. The van der Waals surface area contributed by atoms with E-state index in [1.807, 2.05) is 6.92 Å². The van der Waals surface area contributed by atoms with Gasteiger partial charge >= 0.3 is 0 Å². The van der Waals surface area contributed by atoms with E-state index in [9.17, 15) is 8.78 Å². The van der Waals surface area contributed by atoms with Gasteiger partial charge in [-0.25, -0.2) is 13.8 Å². The maximum absolute atomic E-state index is 13.8. The van der Waals surface area contributed by atoms with E-state index in [4.69, 9.17) is 0 Å². The molecule has 0 spiro atoms. The largest absolute Gasteiger partial charge is 0.354 e. The Morgan fingerprint density at radius 3 is 2.79 bits per heavy atom. The van der Waals surface area contributed by atoms with Gasteiger partial charge in [-0.2, -0.15) is 4.98 Å². The summed E-state index contributed by atoms with van der Waals surface area (Å²) < 4.78 is 26.9. The molecule has 0 unspecified atom stereocenters. The van der Waals surface area contributed by atoms with Gasteiger partial charge in [0.15, 0.2) is 11.6 Å². The Morgan fingerprint density at radius 1 is 1.32 bits per heavy atom. The molecule has 0 amide bonds. The first-order valence-corrected chi connectivity index (χ1v) is 5.87. The molecular weight excluding hydrogens is 250 g/mol. The van der Waals surface area contributed by atoms with Crippen LogP contribution in [0.25, 0.3) is 0 Å². The van der Waals surface area contributed by atoms with Gasteiger partial charge in [-0.1, -0.05) is 6.07 Å². The highest BCUT2D eigenvalue weighted by molar-refractivity contribution is 5.60. The molecule has 6 heteroatoms. The summed E-state index contributed by atoms with van der Waals surface area (Å²) in [5, 5.41) is 2.90. The van der Waals surface area contributed by atoms with Crippen LogP contribution in [0.3, 0.4) is 0 Å². The number of nitrogens with zero attached hydrogens (tertiary/aromatic N) is 3. The Kier molecular flexibility index (Phi) is 3.89. The number of anilines is 3. The molecule has 2 rings (SSSR count). The van der Waals surface area contributed by atoms with Crippen molar-refractivity contribution in [2.45, 2.75) is 6.92 Å². The molecule has 0 fully saturated rings. The molecule has 0 aliphatic carbocycles. The minimum Gasteiger partial charge on any atom is -0.354 e. The van der Waals surface area contributed by atoms with Gasteiger partial charge < -0.3 is 10.2 Å². The van der Waals surface area contributed by atoms with E-state index in [0.29, 0.717) is 18.2 Å². The normalized spacial score (nSPS) is 10.3. The lowest BCUT2D eigenvalue weighted by Crippen LogP contribution is -2.15. The second kappa shape index (κ2) is 5.60. The molecule has 2 aromatic rings. The highest BCUT2D eigenvalue weighted by Crippen LogP contribution is 2.25. The second-order valence-electron chi connectivity index (χ2n) is 3.93. The van der Waals surface area contributed by atoms with Crippen LogP contribution in [-0.2, 0) is 0 Å². The number of hydrogen-bond acceptors (Lipinski definition) is 4. The summed E-state index contributed by atoms with van der Waals surface area (Å²) in [4.78, 5) is 9.37. The van der Waals surface area contributed by atoms with Gasteiger partial charge in [0.2, 0.25) is 5.95 Å². The maximum atomic E-state index is 13.8. The standard InChI is InChI=1S/C13H14F2N4/c1-3-16-13-17-8-11(15)12(18-13)19(2)10-6-4-5-9(14)7-10/h4-8H,3H2,1-2H3,(H,16,17,18). The Labute approximate surface area is 110 Å². The predicted octanol–water partition coefficient (Wildman–Crippen LogP) is 2.95. The van der Waals surface area contributed by atoms with E-state index < -0.39 is 5.82 Å². The zero-order chi connectivity index (χ0) is 13.8. The van der Waals surface area contributed by atoms with Crippen molar-refractivity contribution in [1.29, 1.82) is 0 Å². The zero-order valence-electron chi connectivity index (χ0n) is 10.7. The number of rotatable bonds is 4. The third-order valence-electron chi connectivity index (χ3n) is 2.57. The zero-order valence-corrected chi connectivity index (χ0v) is 10.7. The molecule has 0 aliphatic rings. The van der Waals surface area contributed by atoms with Crippen molar-refractivity contribution in [3.63, 3.8) is 0 Å². The molecule has 0 aliphatic heterocycles. The molecule has 0 saturated heterocycles. The molecule has 1 aromatic heterocycles. The van der Waals surface area contributed by atoms with Crippen molar-refractivity contribution in [3.8, 4) is 0 Å². The number of nitrogens with one attached hydrogen (secondary N) is 1. The SMILES string of the molecule is CCNc1ncc(F)c(N(C)c2cccc(F)c2)n1. The number of halogens is 2. The summed E-state index contributed by atoms with van der Waals surface area (Å²) in [6.07, 6.45) is 1.09. The van der Waals surface area contributed by atoms with Crippen molar-refractivity contribution in [1.82, 2.24) is 9.97 Å². The van der Waals surface area contributed by atoms with Gasteiger partial charge in [0.25, 0.3) is 0 Å². The Morgan fingerprint density at radius 2 is 2.11 bits per heavy atom. The van der Waals surface area contributed by atoms with Crippen molar-refractivity contribution < 1.29 is 8.78 Å². The molecule has 1 N–H and O–H groups in total. The average Bonchev–Trinajstić information content (AvgIpc) is 2.40. The lowest BCUT2D eigenvalue weighted by Gasteiger charge is -2.19. The fourth-order valence-corrected chi connectivity index (χ4v) is 1.64. The average molecular weight is 264 g/mol. The van der Waals surface area contributed by atoms with E-state index in [-0.39, 0.29) is 11.6 Å². The van der Waals surface area contributed by atoms with Gasteiger partial charge in [0, 0.05) is 19.3 Å². The monoisotopic (exact) mass is 264 g/mol. The van der Waals surface area contributed by atoms with Gasteiger partial charge in [-0.15, -0.1) is 0 Å². The molecule has 100 valence electrons. The Balaban J connectivity index is 2.37. The van der Waals surface area contributed by atoms with Gasteiger partial charge in [-0.05, 0) is 25.1 Å². The topological polar surface area (TPSA) is 41.1 Å². The number of aromatic nitrogens is 2. The first kappa shape index (κ1) is 13.2. The fraction of sp³-hybridized carbons (Fsp3) is 0.231. The fourth-order valence-electron chi connectivity index (χ4n) is 1.64. The highest BCUT2D eigenvalue weighted by atomic mass is 19.1. The molecule has 0 saturated carbocycles. The van der Waals surface area contributed by atoms with E-state index >= 15 is 0 Å². The molecule has 0 radical (unpaired) electrons. The molecule has 1 aromatic carbocycles. The van der Waals surface area contributed by atoms with Crippen LogP contribution in [0.4, 0.5) is 26.2 Å². The molecule has 0 atom stereocenters. The van der Waals surface area contributed by atoms with Crippen LogP contribution in [0, 0.1) is 11.6 Å².